The molecule has 2 heterocycles. The standard InChI is InChI=1S/C15H22N2O3S/c18-21(19,11-12-5-3-4-9-16-12)17-14-8-10-20-15-7-2-1-6-13(14)15/h1-2,6-7,12,14,16-17H,3-5,8-11H2. The number of ether oxygens (including phenoxy) is 1. The molecule has 6 heteroatoms. The molecule has 0 aliphatic carbocycles. The maximum Gasteiger partial charge on any atom is 0.213 e. The summed E-state index contributed by atoms with van der Waals surface area (Å²) in [5, 5.41) is 3.29. The first-order valence-corrected chi connectivity index (χ1v) is 9.24. The van der Waals surface area contributed by atoms with E-state index in [0.29, 0.717) is 13.0 Å². The molecule has 0 saturated carbocycles. The van der Waals surface area contributed by atoms with E-state index in [1.807, 2.05) is 24.3 Å². The van der Waals surface area contributed by atoms with Gasteiger partial charge in [-0.05, 0) is 25.5 Å². The van der Waals surface area contributed by atoms with Gasteiger partial charge in [0.05, 0.1) is 18.4 Å². The van der Waals surface area contributed by atoms with Gasteiger partial charge in [-0.2, -0.15) is 0 Å². The molecule has 1 aromatic carbocycles. The van der Waals surface area contributed by atoms with Crippen LogP contribution >= 0.6 is 0 Å². The number of hydrogen-bond acceptors (Lipinski definition) is 4. The highest BCUT2D eigenvalue weighted by molar-refractivity contribution is 7.89. The zero-order valence-electron chi connectivity index (χ0n) is 12.0. The highest BCUT2D eigenvalue weighted by Crippen LogP contribution is 2.32. The van der Waals surface area contributed by atoms with Gasteiger partial charge in [0.15, 0.2) is 0 Å². The lowest BCUT2D eigenvalue weighted by atomic mass is 10.0. The monoisotopic (exact) mass is 310 g/mol. The van der Waals surface area contributed by atoms with Crippen LogP contribution in [0, 0.1) is 0 Å². The molecule has 1 fully saturated rings. The van der Waals surface area contributed by atoms with E-state index in [4.69, 9.17) is 4.74 Å². The summed E-state index contributed by atoms with van der Waals surface area (Å²) >= 11 is 0. The Kier molecular flexibility index (Phi) is 4.47. The van der Waals surface area contributed by atoms with E-state index in [2.05, 4.69) is 10.0 Å². The molecule has 0 aromatic heterocycles. The molecular weight excluding hydrogens is 288 g/mol. The summed E-state index contributed by atoms with van der Waals surface area (Å²) in [7, 11) is -3.29. The lowest BCUT2D eigenvalue weighted by Gasteiger charge is -2.28. The highest BCUT2D eigenvalue weighted by atomic mass is 32.2. The number of piperidine rings is 1. The zero-order chi connectivity index (χ0) is 14.7. The molecule has 21 heavy (non-hydrogen) atoms. The Morgan fingerprint density at radius 1 is 1.24 bits per heavy atom. The third-order valence-corrected chi connectivity index (χ3v) is 5.60. The largest absolute Gasteiger partial charge is 0.493 e. The molecule has 0 spiro atoms. The Bertz CT molecular complexity index is 582. The van der Waals surface area contributed by atoms with Crippen molar-refractivity contribution in [2.24, 2.45) is 0 Å². The van der Waals surface area contributed by atoms with E-state index in [1.165, 1.54) is 0 Å². The second-order valence-corrected chi connectivity index (χ2v) is 7.57. The van der Waals surface area contributed by atoms with E-state index in [0.717, 1.165) is 37.1 Å². The van der Waals surface area contributed by atoms with Crippen LogP contribution in [-0.2, 0) is 10.0 Å². The van der Waals surface area contributed by atoms with Crippen molar-refractivity contribution in [3.8, 4) is 5.75 Å². The maximum atomic E-state index is 12.4. The van der Waals surface area contributed by atoms with E-state index in [1.54, 1.807) is 0 Å². The van der Waals surface area contributed by atoms with Gasteiger partial charge in [0.25, 0.3) is 0 Å². The molecule has 5 nitrogen and oxygen atoms in total. The molecule has 1 saturated heterocycles. The molecule has 2 N–H and O–H groups in total. The minimum atomic E-state index is -3.29. The summed E-state index contributed by atoms with van der Waals surface area (Å²) in [5.41, 5.74) is 0.934. The summed E-state index contributed by atoms with van der Waals surface area (Å²) in [4.78, 5) is 0. The van der Waals surface area contributed by atoms with E-state index in [9.17, 15) is 8.42 Å². The number of fused-ring (bicyclic) bond motifs is 1. The minimum absolute atomic E-state index is 0.0753. The fourth-order valence-electron chi connectivity index (χ4n) is 3.06. The molecular formula is C15H22N2O3S. The Balaban J connectivity index is 1.68. The normalized spacial score (nSPS) is 25.9. The van der Waals surface area contributed by atoms with Gasteiger partial charge in [0.2, 0.25) is 10.0 Å². The first kappa shape index (κ1) is 14.8. The summed E-state index contributed by atoms with van der Waals surface area (Å²) in [6.45, 7) is 1.46. The number of benzene rings is 1. The van der Waals surface area contributed by atoms with Gasteiger partial charge in [0.1, 0.15) is 5.75 Å². The number of hydrogen-bond donors (Lipinski definition) is 2. The van der Waals surface area contributed by atoms with Gasteiger partial charge >= 0.3 is 0 Å². The lowest BCUT2D eigenvalue weighted by molar-refractivity contribution is 0.263. The van der Waals surface area contributed by atoms with Crippen molar-refractivity contribution >= 4 is 10.0 Å². The topological polar surface area (TPSA) is 67.4 Å². The molecule has 0 radical (unpaired) electrons. The summed E-state index contributed by atoms with van der Waals surface area (Å²) in [6.07, 6.45) is 3.85. The predicted molar refractivity (Wildman–Crippen MR) is 81.9 cm³/mol. The van der Waals surface area contributed by atoms with Crippen LogP contribution in [0.2, 0.25) is 0 Å². The van der Waals surface area contributed by atoms with Gasteiger partial charge < -0.3 is 10.1 Å². The smallest absolute Gasteiger partial charge is 0.213 e. The first-order chi connectivity index (χ1) is 10.1. The molecule has 116 valence electrons. The third-order valence-electron chi connectivity index (χ3n) is 4.11. The molecule has 2 unspecified atom stereocenters. The molecule has 1 aromatic rings. The summed E-state index contributed by atoms with van der Waals surface area (Å²) in [6, 6.07) is 7.54. The SMILES string of the molecule is O=S(=O)(CC1CCCCN1)NC1CCOc2ccccc21. The second-order valence-electron chi connectivity index (χ2n) is 5.77. The van der Waals surface area contributed by atoms with Crippen LogP contribution in [0.15, 0.2) is 24.3 Å². The van der Waals surface area contributed by atoms with Gasteiger partial charge in [0, 0.05) is 18.0 Å². The quantitative estimate of drug-likeness (QED) is 0.886. The van der Waals surface area contributed by atoms with Crippen LogP contribution in [0.5, 0.6) is 5.75 Å². The van der Waals surface area contributed by atoms with Crippen LogP contribution in [0.4, 0.5) is 0 Å². The Morgan fingerprint density at radius 3 is 2.90 bits per heavy atom. The highest BCUT2D eigenvalue weighted by Gasteiger charge is 2.27. The van der Waals surface area contributed by atoms with Crippen LogP contribution in [0.1, 0.15) is 37.3 Å². The van der Waals surface area contributed by atoms with E-state index >= 15 is 0 Å². The van der Waals surface area contributed by atoms with Crippen LogP contribution in [0.3, 0.4) is 0 Å². The minimum Gasteiger partial charge on any atom is -0.493 e. The molecule has 0 amide bonds. The predicted octanol–water partition coefficient (Wildman–Crippen LogP) is 1.57. The Hall–Kier alpha value is -1.11. The van der Waals surface area contributed by atoms with Crippen LogP contribution in [0.25, 0.3) is 0 Å². The van der Waals surface area contributed by atoms with Crippen molar-refractivity contribution in [2.45, 2.75) is 37.8 Å². The van der Waals surface area contributed by atoms with Gasteiger partial charge in [-0.25, -0.2) is 13.1 Å². The Morgan fingerprint density at radius 2 is 2.10 bits per heavy atom. The lowest BCUT2D eigenvalue weighted by Crippen LogP contribution is -2.43. The first-order valence-electron chi connectivity index (χ1n) is 7.59. The van der Waals surface area contributed by atoms with Crippen LogP contribution < -0.4 is 14.8 Å². The average molecular weight is 310 g/mol. The fraction of sp³-hybridized carbons (Fsp3) is 0.600. The van der Waals surface area contributed by atoms with Crippen molar-refractivity contribution in [1.82, 2.24) is 10.0 Å². The zero-order valence-corrected chi connectivity index (χ0v) is 12.9. The molecule has 3 rings (SSSR count). The second kappa shape index (κ2) is 6.34. The summed E-state index contributed by atoms with van der Waals surface area (Å²) < 4.78 is 33.2. The maximum absolute atomic E-state index is 12.4. The van der Waals surface area contributed by atoms with Crippen molar-refractivity contribution in [3.63, 3.8) is 0 Å². The molecule has 2 aliphatic heterocycles. The average Bonchev–Trinajstić information content (AvgIpc) is 2.48. The Labute approximate surface area is 126 Å². The van der Waals surface area contributed by atoms with Crippen molar-refractivity contribution < 1.29 is 13.2 Å². The van der Waals surface area contributed by atoms with Crippen molar-refractivity contribution in [3.05, 3.63) is 29.8 Å². The van der Waals surface area contributed by atoms with Gasteiger partial charge in [-0.3, -0.25) is 0 Å². The van der Waals surface area contributed by atoms with E-state index < -0.39 is 10.0 Å². The fourth-order valence-corrected chi connectivity index (χ4v) is 4.65. The van der Waals surface area contributed by atoms with Crippen molar-refractivity contribution in [1.29, 1.82) is 0 Å². The molecule has 2 atom stereocenters. The van der Waals surface area contributed by atoms with Crippen LogP contribution in [-0.4, -0.2) is 33.4 Å². The van der Waals surface area contributed by atoms with E-state index in [-0.39, 0.29) is 17.8 Å². The van der Waals surface area contributed by atoms with Gasteiger partial charge in [-0.1, -0.05) is 24.6 Å². The number of para-hydroxylation sites is 1. The number of rotatable bonds is 4. The van der Waals surface area contributed by atoms with Gasteiger partial charge in [-0.15, -0.1) is 0 Å². The molecule has 0 bridgehead atoms. The third kappa shape index (κ3) is 3.75. The number of sulfonamides is 1. The number of nitrogens with one attached hydrogen (secondary N) is 2. The molecule has 2 aliphatic rings. The van der Waals surface area contributed by atoms with Crippen molar-refractivity contribution in [2.75, 3.05) is 18.9 Å². The summed E-state index contributed by atoms with van der Waals surface area (Å²) in [5.74, 6) is 0.944.